The number of unbranched alkanes of at least 4 members (excludes halogenated alkanes) is 2. The molecule has 0 fully saturated rings. The molecule has 150 valence electrons. The van der Waals surface area contributed by atoms with Gasteiger partial charge in [0.2, 0.25) is 5.91 Å². The Morgan fingerprint density at radius 3 is 2.44 bits per heavy atom. The predicted octanol–water partition coefficient (Wildman–Crippen LogP) is 3.73. The van der Waals surface area contributed by atoms with Gasteiger partial charge in [-0.15, -0.1) is 0 Å². The van der Waals surface area contributed by atoms with Crippen LogP contribution in [0.1, 0.15) is 58.9 Å². The average Bonchev–Trinajstić information content (AvgIpc) is 2.58. The highest BCUT2D eigenvalue weighted by molar-refractivity contribution is 9.10. The van der Waals surface area contributed by atoms with Crippen molar-refractivity contribution in [2.24, 2.45) is 0 Å². The maximum atomic E-state index is 11.9. The molecule has 0 aliphatic heterocycles. The molecule has 1 rings (SSSR count). The van der Waals surface area contributed by atoms with Gasteiger partial charge in [0.1, 0.15) is 5.75 Å². The first-order valence-electron chi connectivity index (χ1n) is 8.95. The molecule has 0 unspecified atom stereocenters. The summed E-state index contributed by atoms with van der Waals surface area (Å²) in [6.45, 7) is 8.26. The number of nitrogens with one attached hydrogen (secondary N) is 3. The fourth-order valence-corrected chi connectivity index (χ4v) is 2.80. The summed E-state index contributed by atoms with van der Waals surface area (Å²) >= 11 is 8.43. The second kappa shape index (κ2) is 11.2. The lowest BCUT2D eigenvalue weighted by atomic mass is 9.87. The van der Waals surface area contributed by atoms with E-state index in [9.17, 15) is 9.59 Å². The van der Waals surface area contributed by atoms with Gasteiger partial charge in [-0.3, -0.25) is 20.4 Å². The largest absolute Gasteiger partial charge is 0.483 e. The molecule has 0 saturated heterocycles. The molecular formula is C19H28BrN3O3S. The summed E-state index contributed by atoms with van der Waals surface area (Å²) in [7, 11) is 0. The normalized spacial score (nSPS) is 10.9. The molecule has 0 saturated carbocycles. The molecule has 0 bridgehead atoms. The van der Waals surface area contributed by atoms with Gasteiger partial charge in [0.25, 0.3) is 5.91 Å². The van der Waals surface area contributed by atoms with E-state index < -0.39 is 5.91 Å². The van der Waals surface area contributed by atoms with Crippen LogP contribution < -0.4 is 20.9 Å². The highest BCUT2D eigenvalue weighted by Crippen LogP contribution is 2.31. The predicted molar refractivity (Wildman–Crippen MR) is 114 cm³/mol. The molecule has 0 radical (unpaired) electrons. The number of thiocarbonyl (C=S) groups is 1. The number of benzene rings is 1. The number of carbonyl (C=O) groups is 2. The van der Waals surface area contributed by atoms with E-state index in [0.29, 0.717) is 12.2 Å². The Balaban J connectivity index is 2.37. The molecule has 8 heteroatoms. The topological polar surface area (TPSA) is 79.5 Å². The summed E-state index contributed by atoms with van der Waals surface area (Å²) in [5.74, 6) is -0.0105. The van der Waals surface area contributed by atoms with E-state index in [0.717, 1.165) is 29.3 Å². The van der Waals surface area contributed by atoms with Crippen LogP contribution in [0.25, 0.3) is 0 Å². The van der Waals surface area contributed by atoms with Crippen molar-refractivity contribution in [1.29, 1.82) is 0 Å². The number of hydrogen-bond acceptors (Lipinski definition) is 4. The monoisotopic (exact) mass is 457 g/mol. The van der Waals surface area contributed by atoms with Crippen LogP contribution in [-0.2, 0) is 15.0 Å². The van der Waals surface area contributed by atoms with Crippen molar-refractivity contribution < 1.29 is 14.3 Å². The maximum absolute atomic E-state index is 11.9. The Morgan fingerprint density at radius 1 is 1.15 bits per heavy atom. The Morgan fingerprint density at radius 2 is 1.85 bits per heavy atom. The van der Waals surface area contributed by atoms with Gasteiger partial charge in [-0.25, -0.2) is 0 Å². The third-order valence-electron chi connectivity index (χ3n) is 3.73. The van der Waals surface area contributed by atoms with Crippen molar-refractivity contribution in [3.8, 4) is 5.75 Å². The van der Waals surface area contributed by atoms with Gasteiger partial charge >= 0.3 is 0 Å². The van der Waals surface area contributed by atoms with Crippen molar-refractivity contribution in [2.75, 3.05) is 6.61 Å². The third-order valence-corrected chi connectivity index (χ3v) is 4.56. The standard InChI is InChI=1S/C19H28BrN3O3S/c1-5-6-7-8-16(24)21-18(27)23-22-17(25)12-26-15-10-9-13(11-14(15)20)19(2,3)4/h9-11H,5-8,12H2,1-4H3,(H,22,25)(H2,21,23,24,27). The zero-order valence-electron chi connectivity index (χ0n) is 16.3. The zero-order chi connectivity index (χ0) is 20.4. The van der Waals surface area contributed by atoms with Crippen LogP contribution in [0, 0.1) is 0 Å². The van der Waals surface area contributed by atoms with E-state index in [1.807, 2.05) is 18.2 Å². The first-order chi connectivity index (χ1) is 12.6. The van der Waals surface area contributed by atoms with Gasteiger partial charge in [0.05, 0.1) is 4.47 Å². The number of amides is 2. The summed E-state index contributed by atoms with van der Waals surface area (Å²) in [5, 5.41) is 2.57. The molecule has 1 aromatic rings. The van der Waals surface area contributed by atoms with Crippen molar-refractivity contribution in [3.05, 3.63) is 28.2 Å². The van der Waals surface area contributed by atoms with Crippen molar-refractivity contribution >= 4 is 45.1 Å². The van der Waals surface area contributed by atoms with Crippen molar-refractivity contribution in [3.63, 3.8) is 0 Å². The molecule has 3 N–H and O–H groups in total. The van der Waals surface area contributed by atoms with Crippen LogP contribution in [0.15, 0.2) is 22.7 Å². The van der Waals surface area contributed by atoms with Gasteiger partial charge in [0, 0.05) is 6.42 Å². The minimum absolute atomic E-state index is 0.0268. The first-order valence-corrected chi connectivity index (χ1v) is 10.1. The van der Waals surface area contributed by atoms with Gasteiger partial charge in [-0.05, 0) is 57.7 Å². The maximum Gasteiger partial charge on any atom is 0.276 e. The van der Waals surface area contributed by atoms with Gasteiger partial charge in [0.15, 0.2) is 11.7 Å². The van der Waals surface area contributed by atoms with Crippen LogP contribution >= 0.6 is 28.1 Å². The van der Waals surface area contributed by atoms with E-state index in [4.69, 9.17) is 17.0 Å². The van der Waals surface area contributed by atoms with Gasteiger partial charge in [-0.2, -0.15) is 0 Å². The van der Waals surface area contributed by atoms with Crippen LogP contribution in [0.2, 0.25) is 0 Å². The number of rotatable bonds is 7. The summed E-state index contributed by atoms with van der Waals surface area (Å²) < 4.78 is 6.30. The van der Waals surface area contributed by atoms with E-state index >= 15 is 0 Å². The lowest BCUT2D eigenvalue weighted by Crippen LogP contribution is -2.49. The van der Waals surface area contributed by atoms with Gasteiger partial charge in [-0.1, -0.05) is 46.6 Å². The minimum atomic E-state index is -0.413. The van der Waals surface area contributed by atoms with Crippen molar-refractivity contribution in [2.45, 2.75) is 58.8 Å². The Hall–Kier alpha value is -1.67. The second-order valence-electron chi connectivity index (χ2n) is 7.19. The van der Waals surface area contributed by atoms with Crippen LogP contribution in [0.4, 0.5) is 0 Å². The molecule has 0 aromatic heterocycles. The fraction of sp³-hybridized carbons (Fsp3) is 0.526. The Kier molecular flexibility index (Phi) is 9.73. The quantitative estimate of drug-likeness (QED) is 0.330. The van der Waals surface area contributed by atoms with E-state index in [2.05, 4.69) is 59.8 Å². The number of hydrazine groups is 1. The lowest BCUT2D eigenvalue weighted by molar-refractivity contribution is -0.124. The van der Waals surface area contributed by atoms with Gasteiger partial charge < -0.3 is 10.1 Å². The summed E-state index contributed by atoms with van der Waals surface area (Å²) in [6, 6.07) is 5.78. The fourth-order valence-electron chi connectivity index (χ4n) is 2.15. The van der Waals surface area contributed by atoms with Crippen LogP contribution in [-0.4, -0.2) is 23.5 Å². The molecule has 0 aliphatic carbocycles. The number of carbonyl (C=O) groups excluding carboxylic acids is 2. The van der Waals surface area contributed by atoms with E-state index in [-0.39, 0.29) is 23.0 Å². The average molecular weight is 458 g/mol. The molecule has 2 amide bonds. The van der Waals surface area contributed by atoms with Crippen molar-refractivity contribution in [1.82, 2.24) is 16.2 Å². The molecular weight excluding hydrogens is 430 g/mol. The Bertz CT molecular complexity index is 675. The molecule has 0 spiro atoms. The lowest BCUT2D eigenvalue weighted by Gasteiger charge is -2.20. The second-order valence-corrected chi connectivity index (χ2v) is 8.45. The summed E-state index contributed by atoms with van der Waals surface area (Å²) in [6.07, 6.45) is 3.26. The molecule has 1 aromatic carbocycles. The molecule has 0 atom stereocenters. The minimum Gasteiger partial charge on any atom is -0.483 e. The third kappa shape index (κ3) is 9.19. The molecule has 27 heavy (non-hydrogen) atoms. The highest BCUT2D eigenvalue weighted by Gasteiger charge is 2.15. The molecule has 0 heterocycles. The van der Waals surface area contributed by atoms with E-state index in [1.54, 1.807) is 0 Å². The number of ether oxygens (including phenoxy) is 1. The smallest absolute Gasteiger partial charge is 0.276 e. The number of hydrogen-bond donors (Lipinski definition) is 3. The zero-order valence-corrected chi connectivity index (χ0v) is 18.7. The summed E-state index contributed by atoms with van der Waals surface area (Å²) in [5.41, 5.74) is 6.07. The SMILES string of the molecule is CCCCCC(=O)NC(=S)NNC(=O)COc1ccc(C(C)(C)C)cc1Br. The van der Waals surface area contributed by atoms with E-state index in [1.165, 1.54) is 0 Å². The molecule has 0 aliphatic rings. The summed E-state index contributed by atoms with van der Waals surface area (Å²) in [4.78, 5) is 23.5. The number of halogens is 1. The Labute approximate surface area is 174 Å². The highest BCUT2D eigenvalue weighted by atomic mass is 79.9. The molecule has 6 nitrogen and oxygen atoms in total. The first kappa shape index (κ1) is 23.4. The van der Waals surface area contributed by atoms with Crippen LogP contribution in [0.3, 0.4) is 0 Å². The van der Waals surface area contributed by atoms with Crippen LogP contribution in [0.5, 0.6) is 5.75 Å².